The number of pyridine rings is 1. The first kappa shape index (κ1) is 15.5. The van der Waals surface area contributed by atoms with Gasteiger partial charge in [-0.1, -0.05) is 39.0 Å². The van der Waals surface area contributed by atoms with Crippen molar-refractivity contribution in [1.29, 1.82) is 0 Å². The van der Waals surface area contributed by atoms with E-state index in [1.807, 2.05) is 12.1 Å². The zero-order chi connectivity index (χ0) is 16.4. The summed E-state index contributed by atoms with van der Waals surface area (Å²) in [7, 11) is 0. The molecule has 1 amide bonds. The van der Waals surface area contributed by atoms with Crippen molar-refractivity contribution in [3.8, 4) is 0 Å². The molecule has 0 unspecified atom stereocenters. The Hall–Kier alpha value is -2.36. The van der Waals surface area contributed by atoms with Crippen molar-refractivity contribution in [2.45, 2.75) is 45.1 Å². The Balaban J connectivity index is 1.75. The van der Waals surface area contributed by atoms with Crippen molar-refractivity contribution >= 4 is 17.3 Å². The van der Waals surface area contributed by atoms with Gasteiger partial charge in [-0.25, -0.2) is 4.98 Å². The average Bonchev–Trinajstić information content (AvgIpc) is 3.31. The normalized spacial score (nSPS) is 14.4. The lowest BCUT2D eigenvalue weighted by molar-refractivity contribution is 0.0946. The Labute approximate surface area is 137 Å². The third-order valence-corrected chi connectivity index (χ3v) is 3.92. The molecule has 0 atom stereocenters. The van der Waals surface area contributed by atoms with Crippen LogP contribution in [0.2, 0.25) is 0 Å². The van der Waals surface area contributed by atoms with E-state index in [4.69, 9.17) is 0 Å². The van der Waals surface area contributed by atoms with E-state index in [0.717, 1.165) is 24.2 Å². The molecule has 0 spiro atoms. The topological polar surface area (TPSA) is 54.0 Å². The van der Waals surface area contributed by atoms with E-state index in [2.05, 4.69) is 54.6 Å². The molecule has 4 heteroatoms. The minimum absolute atomic E-state index is 0.0567. The highest BCUT2D eigenvalue weighted by molar-refractivity contribution is 5.92. The maximum atomic E-state index is 12.0. The second-order valence-corrected chi connectivity index (χ2v) is 7.10. The van der Waals surface area contributed by atoms with Crippen LogP contribution in [0.3, 0.4) is 0 Å². The molecule has 1 aromatic carbocycles. The first-order valence-corrected chi connectivity index (χ1v) is 8.07. The molecule has 1 aromatic heterocycles. The summed E-state index contributed by atoms with van der Waals surface area (Å²) in [5.74, 6) is -0.0888. The number of nitrogens with zero attached hydrogens (tertiary/aromatic N) is 1. The van der Waals surface area contributed by atoms with Gasteiger partial charge in [0.25, 0.3) is 5.91 Å². The number of anilines is 2. The number of benzene rings is 1. The number of amides is 1. The number of nitrogens with one attached hydrogen (secondary N) is 2. The first-order valence-electron chi connectivity index (χ1n) is 8.07. The van der Waals surface area contributed by atoms with Gasteiger partial charge in [-0.3, -0.25) is 4.79 Å². The molecule has 0 saturated heterocycles. The van der Waals surface area contributed by atoms with Gasteiger partial charge in [-0.05, 0) is 42.0 Å². The number of aromatic nitrogens is 1. The number of hydrogen-bond donors (Lipinski definition) is 2. The van der Waals surface area contributed by atoms with Gasteiger partial charge < -0.3 is 10.6 Å². The maximum absolute atomic E-state index is 12.0. The minimum Gasteiger partial charge on any atom is -0.354 e. The zero-order valence-electron chi connectivity index (χ0n) is 13.9. The van der Waals surface area contributed by atoms with Crippen LogP contribution in [-0.2, 0) is 5.41 Å². The van der Waals surface area contributed by atoms with Crippen LogP contribution in [0.1, 0.15) is 49.7 Å². The third kappa shape index (κ3) is 3.89. The van der Waals surface area contributed by atoms with Crippen molar-refractivity contribution in [1.82, 2.24) is 10.3 Å². The summed E-state index contributed by atoms with van der Waals surface area (Å²) in [6.45, 7) is 6.57. The van der Waals surface area contributed by atoms with Gasteiger partial charge >= 0.3 is 0 Å². The van der Waals surface area contributed by atoms with Crippen LogP contribution >= 0.6 is 0 Å². The smallest absolute Gasteiger partial charge is 0.270 e. The van der Waals surface area contributed by atoms with E-state index < -0.39 is 0 Å². The van der Waals surface area contributed by atoms with E-state index >= 15 is 0 Å². The summed E-state index contributed by atoms with van der Waals surface area (Å²) in [6.07, 6.45) is 3.87. The minimum atomic E-state index is -0.0888. The number of rotatable bonds is 4. The Bertz CT molecular complexity index is 697. The van der Waals surface area contributed by atoms with Gasteiger partial charge in [0, 0.05) is 11.7 Å². The van der Waals surface area contributed by atoms with E-state index in [0.29, 0.717) is 11.7 Å². The van der Waals surface area contributed by atoms with Gasteiger partial charge in [-0.15, -0.1) is 0 Å². The molecule has 3 rings (SSSR count). The highest BCUT2D eigenvalue weighted by atomic mass is 16.2. The van der Waals surface area contributed by atoms with Crippen molar-refractivity contribution in [3.05, 3.63) is 53.9 Å². The van der Waals surface area contributed by atoms with Crippen molar-refractivity contribution in [2.24, 2.45) is 0 Å². The molecule has 2 N–H and O–H groups in total. The fourth-order valence-corrected chi connectivity index (χ4v) is 2.49. The van der Waals surface area contributed by atoms with Gasteiger partial charge in [-0.2, -0.15) is 0 Å². The lowest BCUT2D eigenvalue weighted by atomic mass is 9.86. The predicted octanol–water partition coefficient (Wildman–Crippen LogP) is 4.01. The van der Waals surface area contributed by atoms with E-state index in [1.165, 1.54) is 5.56 Å². The largest absolute Gasteiger partial charge is 0.354 e. The second kappa shape index (κ2) is 6.03. The zero-order valence-corrected chi connectivity index (χ0v) is 13.9. The maximum Gasteiger partial charge on any atom is 0.270 e. The molecule has 1 aliphatic carbocycles. The quantitative estimate of drug-likeness (QED) is 0.897. The highest BCUT2D eigenvalue weighted by Gasteiger charge is 2.24. The number of hydrogen-bond acceptors (Lipinski definition) is 3. The monoisotopic (exact) mass is 309 g/mol. The van der Waals surface area contributed by atoms with Crippen molar-refractivity contribution in [3.63, 3.8) is 0 Å². The van der Waals surface area contributed by atoms with E-state index in [1.54, 1.807) is 12.3 Å². The highest BCUT2D eigenvalue weighted by Crippen LogP contribution is 2.31. The third-order valence-electron chi connectivity index (χ3n) is 3.92. The molecule has 2 aromatic rings. The Morgan fingerprint density at radius 1 is 1.13 bits per heavy atom. The lowest BCUT2D eigenvalue weighted by Gasteiger charge is -2.23. The van der Waals surface area contributed by atoms with Crippen LogP contribution < -0.4 is 10.6 Å². The molecule has 0 bridgehead atoms. The van der Waals surface area contributed by atoms with Crippen molar-refractivity contribution < 1.29 is 4.79 Å². The van der Waals surface area contributed by atoms with E-state index in [-0.39, 0.29) is 11.3 Å². The fraction of sp³-hybridized carbons (Fsp3) is 0.368. The van der Waals surface area contributed by atoms with Crippen LogP contribution in [0.5, 0.6) is 0 Å². The molecular weight excluding hydrogens is 286 g/mol. The van der Waals surface area contributed by atoms with Gasteiger partial charge in [0.15, 0.2) is 0 Å². The van der Waals surface area contributed by atoms with Gasteiger partial charge in [0.1, 0.15) is 5.69 Å². The summed E-state index contributed by atoms with van der Waals surface area (Å²) in [6, 6.07) is 12.3. The molecular formula is C19H23N3O. The number of para-hydroxylation sites is 1. The Morgan fingerprint density at radius 3 is 2.48 bits per heavy atom. The molecule has 0 radical (unpaired) electrons. The Kier molecular flexibility index (Phi) is 4.07. The molecule has 0 aliphatic heterocycles. The SMILES string of the molecule is CC(C)(C)c1ccccc1Nc1ccc(C(=O)NC2CC2)nc1. The summed E-state index contributed by atoms with van der Waals surface area (Å²) in [5.41, 5.74) is 3.71. The standard InChI is InChI=1S/C19H23N3O/c1-19(2,3)15-6-4-5-7-16(15)21-14-10-11-17(20-12-14)18(23)22-13-8-9-13/h4-7,10-13,21H,8-9H2,1-3H3,(H,22,23). The van der Waals surface area contributed by atoms with Crippen LogP contribution in [0.15, 0.2) is 42.6 Å². The van der Waals surface area contributed by atoms with Crippen LogP contribution in [-0.4, -0.2) is 16.9 Å². The number of carbonyl (C=O) groups is 1. The molecule has 1 saturated carbocycles. The molecule has 120 valence electrons. The summed E-state index contributed by atoms with van der Waals surface area (Å²) in [5, 5.41) is 6.35. The average molecular weight is 309 g/mol. The first-order chi connectivity index (χ1) is 10.9. The van der Waals surface area contributed by atoms with Crippen LogP contribution in [0, 0.1) is 0 Å². The summed E-state index contributed by atoms with van der Waals surface area (Å²) in [4.78, 5) is 16.2. The molecule has 1 fully saturated rings. The van der Waals surface area contributed by atoms with Gasteiger partial charge in [0.05, 0.1) is 11.9 Å². The summed E-state index contributed by atoms with van der Waals surface area (Å²) >= 11 is 0. The fourth-order valence-electron chi connectivity index (χ4n) is 2.49. The molecule has 23 heavy (non-hydrogen) atoms. The number of carbonyl (C=O) groups excluding carboxylic acids is 1. The molecule has 1 heterocycles. The van der Waals surface area contributed by atoms with Crippen LogP contribution in [0.25, 0.3) is 0 Å². The van der Waals surface area contributed by atoms with E-state index in [9.17, 15) is 4.79 Å². The van der Waals surface area contributed by atoms with Crippen LogP contribution in [0.4, 0.5) is 11.4 Å². The second-order valence-electron chi connectivity index (χ2n) is 7.10. The lowest BCUT2D eigenvalue weighted by Crippen LogP contribution is -2.26. The Morgan fingerprint density at radius 2 is 1.87 bits per heavy atom. The van der Waals surface area contributed by atoms with Gasteiger partial charge in [0.2, 0.25) is 0 Å². The predicted molar refractivity (Wildman–Crippen MR) is 93.1 cm³/mol. The summed E-state index contributed by atoms with van der Waals surface area (Å²) < 4.78 is 0. The molecule has 4 nitrogen and oxygen atoms in total. The van der Waals surface area contributed by atoms with Crippen molar-refractivity contribution in [2.75, 3.05) is 5.32 Å². The molecule has 1 aliphatic rings.